The molecule has 0 aliphatic carbocycles. The highest BCUT2D eigenvalue weighted by Crippen LogP contribution is 2.26. The molecular formula is C24H32N2O3S. The highest BCUT2D eigenvalue weighted by molar-refractivity contribution is 7.89. The molecule has 1 amide bonds. The van der Waals surface area contributed by atoms with Crippen LogP contribution in [-0.2, 0) is 21.2 Å². The number of sulfonamides is 1. The topological polar surface area (TPSA) is 66.5 Å². The lowest BCUT2D eigenvalue weighted by atomic mass is 9.96. The Morgan fingerprint density at radius 2 is 1.77 bits per heavy atom. The molecule has 0 spiro atoms. The quantitative estimate of drug-likeness (QED) is 0.729. The number of carbonyl (C=O) groups is 1. The van der Waals surface area contributed by atoms with Crippen molar-refractivity contribution < 1.29 is 13.2 Å². The first-order valence-corrected chi connectivity index (χ1v) is 12.1. The number of nitrogens with one attached hydrogen (secondary N) is 1. The minimum atomic E-state index is -3.52. The van der Waals surface area contributed by atoms with Crippen LogP contribution >= 0.6 is 0 Å². The van der Waals surface area contributed by atoms with Crippen LogP contribution in [0.15, 0.2) is 53.4 Å². The summed E-state index contributed by atoms with van der Waals surface area (Å²) in [6.45, 7) is 6.57. The lowest BCUT2D eigenvalue weighted by Crippen LogP contribution is -2.45. The van der Waals surface area contributed by atoms with E-state index in [-0.39, 0.29) is 17.9 Å². The number of hydrogen-bond acceptors (Lipinski definition) is 3. The highest BCUT2D eigenvalue weighted by Gasteiger charge is 2.33. The second-order valence-corrected chi connectivity index (χ2v) is 10.3. The molecule has 1 aliphatic rings. The van der Waals surface area contributed by atoms with Crippen molar-refractivity contribution >= 4 is 15.9 Å². The van der Waals surface area contributed by atoms with Gasteiger partial charge in [-0.1, -0.05) is 48.0 Å². The monoisotopic (exact) mass is 428 g/mol. The molecule has 1 saturated heterocycles. The molecule has 1 fully saturated rings. The van der Waals surface area contributed by atoms with Gasteiger partial charge >= 0.3 is 0 Å². The van der Waals surface area contributed by atoms with E-state index in [4.69, 9.17) is 0 Å². The summed E-state index contributed by atoms with van der Waals surface area (Å²) in [5.41, 5.74) is 3.08. The first-order chi connectivity index (χ1) is 14.3. The van der Waals surface area contributed by atoms with E-state index in [0.717, 1.165) is 24.0 Å². The van der Waals surface area contributed by atoms with Crippen LogP contribution in [0.1, 0.15) is 42.9 Å². The van der Waals surface area contributed by atoms with Crippen molar-refractivity contribution in [2.45, 2.75) is 57.4 Å². The van der Waals surface area contributed by atoms with Gasteiger partial charge in [-0.15, -0.1) is 0 Å². The molecule has 0 radical (unpaired) electrons. The van der Waals surface area contributed by atoms with Crippen LogP contribution in [0.2, 0.25) is 0 Å². The number of aryl methyl sites for hydroxylation is 3. The summed E-state index contributed by atoms with van der Waals surface area (Å²) in [5, 5.41) is 3.11. The van der Waals surface area contributed by atoms with E-state index in [2.05, 4.69) is 17.4 Å². The molecule has 1 aliphatic heterocycles. The van der Waals surface area contributed by atoms with Crippen molar-refractivity contribution in [1.29, 1.82) is 0 Å². The average molecular weight is 429 g/mol. The molecule has 2 aromatic carbocycles. The first kappa shape index (κ1) is 22.5. The van der Waals surface area contributed by atoms with Crippen molar-refractivity contribution in [3.8, 4) is 0 Å². The minimum absolute atomic E-state index is 0.0409. The van der Waals surface area contributed by atoms with Crippen molar-refractivity contribution in [1.82, 2.24) is 9.62 Å². The SMILES string of the molecule is Cc1ccc(S(=O)(=O)N2CCC(C(=O)NC(C)CCc3ccccc3)CC2)c(C)c1. The summed E-state index contributed by atoms with van der Waals surface area (Å²) in [6, 6.07) is 15.8. The zero-order valence-electron chi connectivity index (χ0n) is 18.1. The molecule has 3 rings (SSSR count). The normalized spacial score (nSPS) is 16.9. The van der Waals surface area contributed by atoms with E-state index < -0.39 is 10.0 Å². The maximum atomic E-state index is 13.0. The zero-order valence-corrected chi connectivity index (χ0v) is 18.9. The Morgan fingerprint density at radius 3 is 2.40 bits per heavy atom. The Labute approximate surface area is 180 Å². The summed E-state index contributed by atoms with van der Waals surface area (Å²) in [5.74, 6) is -0.0890. The Morgan fingerprint density at radius 1 is 1.10 bits per heavy atom. The van der Waals surface area contributed by atoms with Gasteiger partial charge in [0.25, 0.3) is 0 Å². The van der Waals surface area contributed by atoms with Crippen LogP contribution in [-0.4, -0.2) is 37.8 Å². The van der Waals surface area contributed by atoms with Crippen LogP contribution in [0.5, 0.6) is 0 Å². The molecule has 0 saturated carbocycles. The molecule has 1 heterocycles. The molecular weight excluding hydrogens is 396 g/mol. The molecule has 6 heteroatoms. The van der Waals surface area contributed by atoms with Gasteiger partial charge in [0.2, 0.25) is 15.9 Å². The van der Waals surface area contributed by atoms with E-state index in [1.807, 2.05) is 51.1 Å². The zero-order chi connectivity index (χ0) is 21.7. The molecule has 0 aromatic heterocycles. The summed E-state index contributed by atoms with van der Waals surface area (Å²) >= 11 is 0. The second-order valence-electron chi connectivity index (χ2n) is 8.38. The van der Waals surface area contributed by atoms with E-state index in [1.54, 1.807) is 6.07 Å². The number of amides is 1. The molecule has 2 aromatic rings. The van der Waals surface area contributed by atoms with Crippen molar-refractivity contribution in [2.75, 3.05) is 13.1 Å². The number of piperidine rings is 1. The van der Waals surface area contributed by atoms with Gasteiger partial charge in [0, 0.05) is 25.0 Å². The van der Waals surface area contributed by atoms with Gasteiger partial charge in [0.1, 0.15) is 0 Å². The molecule has 30 heavy (non-hydrogen) atoms. The predicted molar refractivity (Wildman–Crippen MR) is 120 cm³/mol. The summed E-state index contributed by atoms with van der Waals surface area (Å²) in [6.07, 6.45) is 2.92. The molecule has 1 unspecified atom stereocenters. The fraction of sp³-hybridized carbons (Fsp3) is 0.458. The number of rotatable bonds is 7. The van der Waals surface area contributed by atoms with Crippen molar-refractivity contribution in [3.63, 3.8) is 0 Å². The molecule has 162 valence electrons. The molecule has 1 atom stereocenters. The minimum Gasteiger partial charge on any atom is -0.353 e. The van der Waals surface area contributed by atoms with Crippen LogP contribution in [0.4, 0.5) is 0 Å². The first-order valence-electron chi connectivity index (χ1n) is 10.7. The Kier molecular flexibility index (Phi) is 7.32. The standard InChI is InChI=1S/C24H32N2O3S/c1-18-9-12-23(19(2)17-18)30(28,29)26-15-13-22(14-16-26)24(27)25-20(3)10-11-21-7-5-4-6-8-21/h4-9,12,17,20,22H,10-11,13-16H2,1-3H3,(H,25,27). The lowest BCUT2D eigenvalue weighted by Gasteiger charge is -2.31. The van der Waals surface area contributed by atoms with Gasteiger partial charge in [-0.25, -0.2) is 8.42 Å². The van der Waals surface area contributed by atoms with E-state index in [0.29, 0.717) is 30.8 Å². The Balaban J connectivity index is 1.51. The van der Waals surface area contributed by atoms with Gasteiger partial charge in [-0.05, 0) is 63.6 Å². The fourth-order valence-electron chi connectivity index (χ4n) is 4.05. The second kappa shape index (κ2) is 9.75. The van der Waals surface area contributed by atoms with E-state index >= 15 is 0 Å². The summed E-state index contributed by atoms with van der Waals surface area (Å²) < 4.78 is 27.6. The fourth-order valence-corrected chi connectivity index (χ4v) is 5.72. The maximum Gasteiger partial charge on any atom is 0.243 e. The molecule has 1 N–H and O–H groups in total. The van der Waals surface area contributed by atoms with E-state index in [1.165, 1.54) is 9.87 Å². The third-order valence-electron chi connectivity index (χ3n) is 5.87. The average Bonchev–Trinajstić information content (AvgIpc) is 2.73. The van der Waals surface area contributed by atoms with Gasteiger partial charge in [0.05, 0.1) is 4.90 Å². The maximum absolute atomic E-state index is 13.0. The van der Waals surface area contributed by atoms with Gasteiger partial charge in [0.15, 0.2) is 0 Å². The Bertz CT molecular complexity index is 965. The van der Waals surface area contributed by atoms with Crippen molar-refractivity contribution in [2.24, 2.45) is 5.92 Å². The Hall–Kier alpha value is -2.18. The number of carbonyl (C=O) groups excluding carboxylic acids is 1. The van der Waals surface area contributed by atoms with E-state index in [9.17, 15) is 13.2 Å². The van der Waals surface area contributed by atoms with Gasteiger partial charge < -0.3 is 5.32 Å². The van der Waals surface area contributed by atoms with Crippen molar-refractivity contribution in [3.05, 3.63) is 65.2 Å². The summed E-state index contributed by atoms with van der Waals surface area (Å²) in [7, 11) is -3.52. The lowest BCUT2D eigenvalue weighted by molar-refractivity contribution is -0.126. The van der Waals surface area contributed by atoms with Crippen LogP contribution in [0.3, 0.4) is 0 Å². The number of benzene rings is 2. The number of hydrogen-bond donors (Lipinski definition) is 1. The van der Waals surface area contributed by atoms with Gasteiger partial charge in [-0.2, -0.15) is 4.31 Å². The third kappa shape index (κ3) is 5.49. The highest BCUT2D eigenvalue weighted by atomic mass is 32.2. The third-order valence-corrected chi connectivity index (χ3v) is 7.93. The smallest absolute Gasteiger partial charge is 0.243 e. The summed E-state index contributed by atoms with van der Waals surface area (Å²) in [4.78, 5) is 13.0. The van der Waals surface area contributed by atoms with Gasteiger partial charge in [-0.3, -0.25) is 4.79 Å². The molecule has 0 bridgehead atoms. The van der Waals surface area contributed by atoms with Crippen LogP contribution in [0, 0.1) is 19.8 Å². The van der Waals surface area contributed by atoms with Crippen LogP contribution in [0.25, 0.3) is 0 Å². The molecule has 5 nitrogen and oxygen atoms in total. The number of nitrogens with zero attached hydrogens (tertiary/aromatic N) is 1. The predicted octanol–water partition coefficient (Wildman–Crippen LogP) is 3.84. The largest absolute Gasteiger partial charge is 0.353 e. The van der Waals surface area contributed by atoms with Crippen LogP contribution < -0.4 is 5.32 Å².